The van der Waals surface area contributed by atoms with Crippen LogP contribution in [0.4, 0.5) is 8.78 Å². The molecule has 0 aromatic heterocycles. The number of rotatable bonds is 4. The van der Waals surface area contributed by atoms with E-state index in [1.807, 2.05) is 6.92 Å². The van der Waals surface area contributed by atoms with Gasteiger partial charge in [0.2, 0.25) is 5.91 Å². The molecule has 1 amide bonds. The summed E-state index contributed by atoms with van der Waals surface area (Å²) < 4.78 is 25.8. The van der Waals surface area contributed by atoms with Gasteiger partial charge in [0.05, 0.1) is 5.92 Å². The lowest BCUT2D eigenvalue weighted by Gasteiger charge is -2.33. The molecule has 1 fully saturated rings. The van der Waals surface area contributed by atoms with Gasteiger partial charge >= 0.3 is 0 Å². The molecule has 5 heteroatoms. The standard InChI is InChI=1S/C11H20F2N2O/c1-3-9(8-14-2)10(16)15-6-4-11(12,13)5-7-15/h9,14H,3-8H2,1-2H3. The lowest BCUT2D eigenvalue weighted by Crippen LogP contribution is -2.46. The first-order valence-corrected chi connectivity index (χ1v) is 5.81. The number of halogens is 2. The van der Waals surface area contributed by atoms with Crippen LogP contribution in [-0.2, 0) is 4.79 Å². The predicted molar refractivity (Wildman–Crippen MR) is 58.5 cm³/mol. The Labute approximate surface area is 95.2 Å². The van der Waals surface area contributed by atoms with Gasteiger partial charge in [-0.25, -0.2) is 8.78 Å². The minimum Gasteiger partial charge on any atom is -0.342 e. The fourth-order valence-corrected chi connectivity index (χ4v) is 1.97. The number of amides is 1. The Balaban J connectivity index is 2.49. The lowest BCUT2D eigenvalue weighted by molar-refractivity contribution is -0.141. The zero-order chi connectivity index (χ0) is 12.2. The molecule has 1 unspecified atom stereocenters. The van der Waals surface area contributed by atoms with E-state index >= 15 is 0 Å². The van der Waals surface area contributed by atoms with Crippen LogP contribution in [0.2, 0.25) is 0 Å². The highest BCUT2D eigenvalue weighted by Gasteiger charge is 2.36. The highest BCUT2D eigenvalue weighted by Crippen LogP contribution is 2.28. The number of carbonyl (C=O) groups excluding carboxylic acids is 1. The summed E-state index contributed by atoms with van der Waals surface area (Å²) >= 11 is 0. The van der Waals surface area contributed by atoms with Crippen LogP contribution >= 0.6 is 0 Å². The second-order valence-electron chi connectivity index (χ2n) is 4.34. The summed E-state index contributed by atoms with van der Waals surface area (Å²) in [7, 11) is 1.79. The molecule has 94 valence electrons. The number of nitrogens with zero attached hydrogens (tertiary/aromatic N) is 1. The second kappa shape index (κ2) is 5.57. The van der Waals surface area contributed by atoms with E-state index in [9.17, 15) is 13.6 Å². The van der Waals surface area contributed by atoms with Crippen molar-refractivity contribution in [1.29, 1.82) is 0 Å². The second-order valence-corrected chi connectivity index (χ2v) is 4.34. The molecular formula is C11H20F2N2O. The minimum absolute atomic E-state index is 0.00681. The molecule has 0 bridgehead atoms. The maximum atomic E-state index is 12.9. The molecule has 0 aromatic carbocycles. The zero-order valence-electron chi connectivity index (χ0n) is 9.93. The highest BCUT2D eigenvalue weighted by molar-refractivity contribution is 5.79. The molecule has 0 saturated carbocycles. The van der Waals surface area contributed by atoms with Crippen molar-refractivity contribution in [1.82, 2.24) is 10.2 Å². The summed E-state index contributed by atoms with van der Waals surface area (Å²) in [5.74, 6) is -2.66. The van der Waals surface area contributed by atoms with Crippen LogP contribution in [-0.4, -0.2) is 43.4 Å². The first kappa shape index (κ1) is 13.4. The Hall–Kier alpha value is -0.710. The molecule has 1 heterocycles. The number of alkyl halides is 2. The Morgan fingerprint density at radius 3 is 2.44 bits per heavy atom. The fraction of sp³-hybridized carbons (Fsp3) is 0.909. The molecule has 1 aliphatic rings. The Morgan fingerprint density at radius 1 is 1.44 bits per heavy atom. The third-order valence-electron chi connectivity index (χ3n) is 3.10. The van der Waals surface area contributed by atoms with Crippen molar-refractivity contribution in [3.05, 3.63) is 0 Å². The zero-order valence-corrected chi connectivity index (χ0v) is 9.93. The largest absolute Gasteiger partial charge is 0.342 e. The highest BCUT2D eigenvalue weighted by atomic mass is 19.3. The Bertz CT molecular complexity index is 236. The summed E-state index contributed by atoms with van der Waals surface area (Å²) in [5, 5.41) is 2.96. The van der Waals surface area contributed by atoms with Crippen molar-refractivity contribution in [2.24, 2.45) is 5.92 Å². The SMILES string of the molecule is CCC(CNC)C(=O)N1CCC(F)(F)CC1. The van der Waals surface area contributed by atoms with Gasteiger partial charge in [0.25, 0.3) is 5.92 Å². The van der Waals surface area contributed by atoms with Crippen LogP contribution in [0.5, 0.6) is 0 Å². The summed E-state index contributed by atoms with van der Waals surface area (Å²) in [5.41, 5.74) is 0. The Kier molecular flexibility index (Phi) is 4.65. The molecule has 0 aliphatic carbocycles. The molecule has 0 aromatic rings. The maximum Gasteiger partial charge on any atom is 0.251 e. The minimum atomic E-state index is -2.58. The van der Waals surface area contributed by atoms with Crippen LogP contribution in [0.3, 0.4) is 0 Å². The van der Waals surface area contributed by atoms with Gasteiger partial charge in [-0.3, -0.25) is 4.79 Å². The Morgan fingerprint density at radius 2 is 2.00 bits per heavy atom. The van der Waals surface area contributed by atoms with Crippen molar-refractivity contribution < 1.29 is 13.6 Å². The monoisotopic (exact) mass is 234 g/mol. The number of carbonyl (C=O) groups is 1. The van der Waals surface area contributed by atoms with E-state index in [-0.39, 0.29) is 37.8 Å². The molecule has 3 nitrogen and oxygen atoms in total. The van der Waals surface area contributed by atoms with Crippen molar-refractivity contribution in [2.45, 2.75) is 32.1 Å². The van der Waals surface area contributed by atoms with Crippen LogP contribution in [0.25, 0.3) is 0 Å². The van der Waals surface area contributed by atoms with E-state index in [4.69, 9.17) is 0 Å². The van der Waals surface area contributed by atoms with Gasteiger partial charge in [-0.05, 0) is 13.5 Å². The van der Waals surface area contributed by atoms with Crippen molar-refractivity contribution >= 4 is 5.91 Å². The summed E-state index contributed by atoms with van der Waals surface area (Å²) in [6.45, 7) is 2.93. The molecule has 1 N–H and O–H groups in total. The predicted octanol–water partition coefficient (Wildman–Crippen LogP) is 1.49. The van der Waals surface area contributed by atoms with E-state index in [2.05, 4.69) is 5.32 Å². The topological polar surface area (TPSA) is 32.3 Å². The first-order valence-electron chi connectivity index (χ1n) is 5.81. The average Bonchev–Trinajstić information content (AvgIpc) is 2.25. The number of hydrogen-bond donors (Lipinski definition) is 1. The van der Waals surface area contributed by atoms with E-state index in [0.717, 1.165) is 6.42 Å². The number of nitrogens with one attached hydrogen (secondary N) is 1. The summed E-state index contributed by atoms with van der Waals surface area (Å²) in [4.78, 5) is 13.5. The lowest BCUT2D eigenvalue weighted by atomic mass is 10.0. The van der Waals surface area contributed by atoms with Gasteiger partial charge < -0.3 is 10.2 Å². The van der Waals surface area contributed by atoms with Gasteiger partial charge in [0.1, 0.15) is 0 Å². The average molecular weight is 234 g/mol. The van der Waals surface area contributed by atoms with Gasteiger partial charge in [-0.2, -0.15) is 0 Å². The molecular weight excluding hydrogens is 214 g/mol. The van der Waals surface area contributed by atoms with Crippen LogP contribution < -0.4 is 5.32 Å². The smallest absolute Gasteiger partial charge is 0.251 e. The normalized spacial score (nSPS) is 21.9. The van der Waals surface area contributed by atoms with Gasteiger partial charge in [0.15, 0.2) is 0 Å². The molecule has 0 radical (unpaired) electrons. The summed E-state index contributed by atoms with van der Waals surface area (Å²) in [6.07, 6.45) is 0.343. The van der Waals surface area contributed by atoms with Crippen molar-refractivity contribution in [3.63, 3.8) is 0 Å². The molecule has 1 aliphatic heterocycles. The summed E-state index contributed by atoms with van der Waals surface area (Å²) in [6, 6.07) is 0. The number of hydrogen-bond acceptors (Lipinski definition) is 2. The maximum absolute atomic E-state index is 12.9. The number of piperidine rings is 1. The van der Waals surface area contributed by atoms with E-state index < -0.39 is 5.92 Å². The first-order chi connectivity index (χ1) is 7.50. The van der Waals surface area contributed by atoms with Gasteiger partial charge in [-0.15, -0.1) is 0 Å². The van der Waals surface area contributed by atoms with Crippen LogP contribution in [0.1, 0.15) is 26.2 Å². The molecule has 1 atom stereocenters. The molecule has 1 saturated heterocycles. The van der Waals surface area contributed by atoms with Crippen LogP contribution in [0, 0.1) is 5.92 Å². The van der Waals surface area contributed by atoms with Crippen LogP contribution in [0.15, 0.2) is 0 Å². The fourth-order valence-electron chi connectivity index (χ4n) is 1.97. The molecule has 16 heavy (non-hydrogen) atoms. The van der Waals surface area contributed by atoms with Crippen molar-refractivity contribution in [2.75, 3.05) is 26.7 Å². The number of likely N-dealkylation sites (tertiary alicyclic amines) is 1. The van der Waals surface area contributed by atoms with E-state index in [0.29, 0.717) is 6.54 Å². The van der Waals surface area contributed by atoms with Gasteiger partial charge in [-0.1, -0.05) is 6.92 Å². The van der Waals surface area contributed by atoms with Gasteiger partial charge in [0, 0.05) is 32.5 Å². The van der Waals surface area contributed by atoms with Crippen molar-refractivity contribution in [3.8, 4) is 0 Å². The quantitative estimate of drug-likeness (QED) is 0.799. The van der Waals surface area contributed by atoms with E-state index in [1.54, 1.807) is 11.9 Å². The molecule has 0 spiro atoms. The molecule has 1 rings (SSSR count). The third-order valence-corrected chi connectivity index (χ3v) is 3.10. The third kappa shape index (κ3) is 3.40. The van der Waals surface area contributed by atoms with E-state index in [1.165, 1.54) is 0 Å².